The van der Waals surface area contributed by atoms with Crippen LogP contribution in [0.25, 0.3) is 0 Å². The molecule has 0 aromatic rings. The zero-order chi connectivity index (χ0) is 12.8. The predicted octanol–water partition coefficient (Wildman–Crippen LogP) is 1.89. The summed E-state index contributed by atoms with van der Waals surface area (Å²) in [6.45, 7) is 14.1. The second-order valence-corrected chi connectivity index (χ2v) is 4.25. The summed E-state index contributed by atoms with van der Waals surface area (Å²) < 4.78 is 0. The highest BCUT2D eigenvalue weighted by Gasteiger charge is 2.25. The Morgan fingerprint density at radius 2 is 2.18 bits per heavy atom. The molecule has 0 radical (unpaired) electrons. The van der Waals surface area contributed by atoms with Gasteiger partial charge in [0.1, 0.15) is 0 Å². The van der Waals surface area contributed by atoms with Crippen LogP contribution in [-0.2, 0) is 4.79 Å². The van der Waals surface area contributed by atoms with E-state index in [0.29, 0.717) is 5.57 Å². The molecule has 1 aliphatic rings. The monoisotopic (exact) mass is 234 g/mol. The van der Waals surface area contributed by atoms with Crippen molar-refractivity contribution in [2.45, 2.75) is 26.3 Å². The Hall–Kier alpha value is -1.35. The quantitative estimate of drug-likeness (QED) is 0.595. The SMILES string of the molecule is C=C/C(CC)=C(\C=C)C(=O)N1CCNCC1C. The second-order valence-electron chi connectivity index (χ2n) is 4.25. The van der Waals surface area contributed by atoms with Crippen LogP contribution in [0.3, 0.4) is 0 Å². The molecular formula is C14H22N2O. The van der Waals surface area contributed by atoms with Crippen molar-refractivity contribution in [3.63, 3.8) is 0 Å². The summed E-state index contributed by atoms with van der Waals surface area (Å²) in [5, 5.41) is 3.28. The number of carbonyl (C=O) groups is 1. The molecule has 1 saturated heterocycles. The highest BCUT2D eigenvalue weighted by atomic mass is 16.2. The first-order chi connectivity index (χ1) is 8.15. The third kappa shape index (κ3) is 3.07. The van der Waals surface area contributed by atoms with Crippen LogP contribution in [0.1, 0.15) is 20.3 Å². The number of amides is 1. The van der Waals surface area contributed by atoms with Gasteiger partial charge in [-0.05, 0) is 18.9 Å². The Morgan fingerprint density at radius 3 is 2.65 bits per heavy atom. The van der Waals surface area contributed by atoms with Gasteiger partial charge in [0, 0.05) is 31.2 Å². The van der Waals surface area contributed by atoms with Crippen LogP contribution in [-0.4, -0.2) is 36.5 Å². The molecule has 0 aromatic carbocycles. The third-order valence-corrected chi connectivity index (χ3v) is 3.17. The van der Waals surface area contributed by atoms with Crippen LogP contribution < -0.4 is 5.32 Å². The van der Waals surface area contributed by atoms with E-state index in [1.807, 2.05) is 11.8 Å². The zero-order valence-electron chi connectivity index (χ0n) is 10.8. The molecule has 94 valence electrons. The third-order valence-electron chi connectivity index (χ3n) is 3.17. The van der Waals surface area contributed by atoms with Crippen LogP contribution in [0, 0.1) is 0 Å². The molecule has 1 rings (SSSR count). The summed E-state index contributed by atoms with van der Waals surface area (Å²) in [5.74, 6) is 0.0748. The van der Waals surface area contributed by atoms with Crippen molar-refractivity contribution < 1.29 is 4.79 Å². The van der Waals surface area contributed by atoms with Gasteiger partial charge in [-0.3, -0.25) is 4.79 Å². The van der Waals surface area contributed by atoms with Gasteiger partial charge in [0.05, 0.1) is 0 Å². The van der Waals surface area contributed by atoms with E-state index in [4.69, 9.17) is 0 Å². The summed E-state index contributed by atoms with van der Waals surface area (Å²) >= 11 is 0. The average molecular weight is 234 g/mol. The molecule has 17 heavy (non-hydrogen) atoms. The van der Waals surface area contributed by atoms with E-state index in [1.165, 1.54) is 0 Å². The predicted molar refractivity (Wildman–Crippen MR) is 71.8 cm³/mol. The van der Waals surface area contributed by atoms with Crippen molar-refractivity contribution in [2.75, 3.05) is 19.6 Å². The molecule has 1 N–H and O–H groups in total. The fourth-order valence-electron chi connectivity index (χ4n) is 2.10. The van der Waals surface area contributed by atoms with E-state index in [9.17, 15) is 4.79 Å². The van der Waals surface area contributed by atoms with E-state index >= 15 is 0 Å². The van der Waals surface area contributed by atoms with E-state index in [0.717, 1.165) is 31.6 Å². The van der Waals surface area contributed by atoms with Crippen molar-refractivity contribution in [3.8, 4) is 0 Å². The van der Waals surface area contributed by atoms with E-state index in [2.05, 4.69) is 25.4 Å². The summed E-state index contributed by atoms with van der Waals surface area (Å²) in [6.07, 6.45) is 4.20. The van der Waals surface area contributed by atoms with Crippen molar-refractivity contribution >= 4 is 5.91 Å². The lowest BCUT2D eigenvalue weighted by atomic mass is 10.0. The lowest BCUT2D eigenvalue weighted by molar-refractivity contribution is -0.129. The number of hydrogen-bond acceptors (Lipinski definition) is 2. The first-order valence-electron chi connectivity index (χ1n) is 6.15. The van der Waals surface area contributed by atoms with Gasteiger partial charge in [-0.2, -0.15) is 0 Å². The molecule has 1 fully saturated rings. The van der Waals surface area contributed by atoms with Gasteiger partial charge in [0.25, 0.3) is 5.91 Å². The highest BCUT2D eigenvalue weighted by Crippen LogP contribution is 2.16. The van der Waals surface area contributed by atoms with E-state index < -0.39 is 0 Å². The number of hydrogen-bond donors (Lipinski definition) is 1. The summed E-state index contributed by atoms with van der Waals surface area (Å²) in [4.78, 5) is 14.3. The summed E-state index contributed by atoms with van der Waals surface area (Å²) in [5.41, 5.74) is 1.66. The fourth-order valence-corrected chi connectivity index (χ4v) is 2.10. The topological polar surface area (TPSA) is 32.3 Å². The van der Waals surface area contributed by atoms with Crippen molar-refractivity contribution in [1.82, 2.24) is 10.2 Å². The van der Waals surface area contributed by atoms with Gasteiger partial charge >= 0.3 is 0 Å². The standard InChI is InChI=1S/C14H22N2O/c1-5-12(6-2)13(7-3)14(17)16-9-8-15-10-11(16)4/h5,7,11,15H,1,3,6,8-10H2,2,4H3/b13-12-. The Balaban J connectivity index is 2.96. The van der Waals surface area contributed by atoms with Gasteiger partial charge in [-0.25, -0.2) is 0 Å². The van der Waals surface area contributed by atoms with E-state index in [1.54, 1.807) is 12.2 Å². The van der Waals surface area contributed by atoms with E-state index in [-0.39, 0.29) is 11.9 Å². The molecule has 3 nitrogen and oxygen atoms in total. The summed E-state index contributed by atoms with van der Waals surface area (Å²) in [6, 6.07) is 0.231. The molecule has 0 bridgehead atoms. The van der Waals surface area contributed by atoms with Gasteiger partial charge in [-0.1, -0.05) is 32.2 Å². The maximum Gasteiger partial charge on any atom is 0.254 e. The minimum absolute atomic E-state index is 0.0748. The largest absolute Gasteiger partial charge is 0.333 e. The first-order valence-corrected chi connectivity index (χ1v) is 6.15. The molecule has 0 saturated carbocycles. The number of carbonyl (C=O) groups excluding carboxylic acids is 1. The number of allylic oxidation sites excluding steroid dienone is 2. The second kappa shape index (κ2) is 6.40. The normalized spacial score (nSPS) is 21.8. The number of piperazine rings is 1. The lowest BCUT2D eigenvalue weighted by Gasteiger charge is -2.34. The Kier molecular flexibility index (Phi) is 5.16. The first kappa shape index (κ1) is 13.7. The molecule has 1 amide bonds. The summed E-state index contributed by atoms with van der Waals surface area (Å²) in [7, 11) is 0. The Labute approximate surface area is 104 Å². The van der Waals surface area contributed by atoms with Crippen LogP contribution in [0.2, 0.25) is 0 Å². The smallest absolute Gasteiger partial charge is 0.254 e. The van der Waals surface area contributed by atoms with Crippen LogP contribution in [0.15, 0.2) is 36.5 Å². The van der Waals surface area contributed by atoms with Crippen molar-refractivity contribution in [1.29, 1.82) is 0 Å². The lowest BCUT2D eigenvalue weighted by Crippen LogP contribution is -2.52. The molecule has 1 aliphatic heterocycles. The van der Waals surface area contributed by atoms with Gasteiger partial charge in [0.15, 0.2) is 0 Å². The molecule has 1 heterocycles. The molecular weight excluding hydrogens is 212 g/mol. The average Bonchev–Trinajstić information content (AvgIpc) is 2.35. The van der Waals surface area contributed by atoms with Gasteiger partial charge in [0.2, 0.25) is 0 Å². The van der Waals surface area contributed by atoms with Crippen LogP contribution >= 0.6 is 0 Å². The van der Waals surface area contributed by atoms with Crippen LogP contribution in [0.5, 0.6) is 0 Å². The molecule has 0 aromatic heterocycles. The number of nitrogens with zero attached hydrogens (tertiary/aromatic N) is 1. The minimum atomic E-state index is 0.0748. The molecule has 3 heteroatoms. The van der Waals surface area contributed by atoms with Crippen molar-refractivity contribution in [2.24, 2.45) is 0 Å². The molecule has 0 spiro atoms. The number of rotatable bonds is 4. The zero-order valence-corrected chi connectivity index (χ0v) is 10.8. The van der Waals surface area contributed by atoms with Gasteiger partial charge in [-0.15, -0.1) is 0 Å². The van der Waals surface area contributed by atoms with Crippen LogP contribution in [0.4, 0.5) is 0 Å². The van der Waals surface area contributed by atoms with Crippen molar-refractivity contribution in [3.05, 3.63) is 36.5 Å². The number of nitrogens with one attached hydrogen (secondary N) is 1. The van der Waals surface area contributed by atoms with Gasteiger partial charge < -0.3 is 10.2 Å². The molecule has 1 unspecified atom stereocenters. The molecule has 0 aliphatic carbocycles. The Morgan fingerprint density at radius 1 is 1.47 bits per heavy atom. The molecule has 1 atom stereocenters. The highest BCUT2D eigenvalue weighted by molar-refractivity contribution is 5.97. The maximum absolute atomic E-state index is 12.4. The maximum atomic E-state index is 12.4. The Bertz CT molecular complexity index is 344. The minimum Gasteiger partial charge on any atom is -0.333 e. The fraction of sp³-hybridized carbons (Fsp3) is 0.500.